The third-order valence-electron chi connectivity index (χ3n) is 15.1. The molecule has 7 aliphatic rings. The highest BCUT2D eigenvalue weighted by Crippen LogP contribution is 2.91. The minimum atomic E-state index is -2.64. The van der Waals surface area contributed by atoms with Crippen LogP contribution < -0.4 is 0 Å². The minimum Gasteiger partial charge on any atom is -0.512 e. The Morgan fingerprint density at radius 2 is 1.49 bits per heavy atom. The Labute approximate surface area is 371 Å². The smallest absolute Gasteiger partial charge is 0.338 e. The highest BCUT2D eigenvalue weighted by Gasteiger charge is 3.09. The molecule has 1 N–H and O–H groups in total. The zero-order valence-electron chi connectivity index (χ0n) is 37.7. The lowest BCUT2D eigenvalue weighted by Gasteiger charge is -2.79. The van der Waals surface area contributed by atoms with E-state index in [1.54, 1.807) is 6.92 Å². The van der Waals surface area contributed by atoms with Crippen LogP contribution in [0.15, 0.2) is 34.3 Å². The van der Waals surface area contributed by atoms with Gasteiger partial charge in [0.2, 0.25) is 5.60 Å². The number of fused-ring (bicyclic) bond motifs is 3. The molecule has 4 aliphatic carbocycles. The molecule has 15 atom stereocenters. The van der Waals surface area contributed by atoms with Crippen molar-refractivity contribution in [3.05, 3.63) is 35.5 Å². The maximum absolute atomic E-state index is 15.3. The molecule has 4 bridgehead atoms. The predicted octanol–water partition coefficient (Wildman–Crippen LogP) is 2.90. The topological polar surface area (TPSA) is 271 Å². The van der Waals surface area contributed by atoms with E-state index < -0.39 is 159 Å². The van der Waals surface area contributed by atoms with Gasteiger partial charge in [0.05, 0.1) is 36.0 Å². The van der Waals surface area contributed by atoms with Crippen molar-refractivity contribution in [1.82, 2.24) is 0 Å². The number of aliphatic hydroxyl groups is 1. The van der Waals surface area contributed by atoms with Crippen LogP contribution in [0.25, 0.3) is 0 Å². The van der Waals surface area contributed by atoms with Crippen molar-refractivity contribution in [2.45, 2.75) is 147 Å². The predicted molar refractivity (Wildman–Crippen MR) is 208 cm³/mol. The Morgan fingerprint density at radius 3 is 2.03 bits per heavy atom. The minimum absolute atomic E-state index is 0.108. The number of esters is 8. The summed E-state index contributed by atoms with van der Waals surface area (Å²) in [6.07, 6.45) is -8.19. The SMILES string of the molecule is CCC(O)=C1C(=O)O[C@@H]2[C@@]3(OC(C)=O)[C@@H](OC(C)=O)[C@]4(C)C[C@]35O[C@]3(C)O[C@]26[C@H]1[C@](C)([C@@H](OC(C)=O)c1ccoc1)[C@@H](OC(C)=O)[C@@H](OC(C)=O)[C@]6(O3)[C@]5(COC(C)=O)[C@H]4CC(=O)OC. The highest BCUT2D eigenvalue weighted by molar-refractivity contribution is 5.93. The Morgan fingerprint density at radius 1 is 0.846 bits per heavy atom. The zero-order valence-corrected chi connectivity index (χ0v) is 37.7. The standard InChI is InChI=1S/C44H52O21/c1-12-26(51)29-30-38(9,31(57-20(3)46)25-13-14-55-16-25)32(58-21(4)47)33(59-22(5)48)44-40(18-56-19(2)45)27(15-28(52)54-11)37(8)17-41(40)43(62-24(7)50,35(37)60-23(6)49)36(61-34(29)53)42(30,44)64-39(10,63-41)65-44/h13-14,16,27,30-33,35-36,51H,12,15,17-18H2,1-11H3/t27-,30+,31-,32-,33+,35-,36-,37+,38+,39+,40+,41+,42+,43-,44-/m0/s1. The monoisotopic (exact) mass is 916 g/mol. The van der Waals surface area contributed by atoms with Crippen LogP contribution in [0.2, 0.25) is 0 Å². The van der Waals surface area contributed by atoms with Gasteiger partial charge < -0.3 is 61.6 Å². The van der Waals surface area contributed by atoms with Gasteiger partial charge in [0, 0.05) is 78.2 Å². The molecule has 354 valence electrons. The third-order valence-corrected chi connectivity index (χ3v) is 15.1. The quantitative estimate of drug-likeness (QED) is 0.137. The summed E-state index contributed by atoms with van der Waals surface area (Å²) in [6.45, 7) is 11.5. The van der Waals surface area contributed by atoms with Crippen LogP contribution in [0.1, 0.15) is 100 Å². The Balaban J connectivity index is 1.68. The normalized spacial score (nSPS) is 43.3. The largest absolute Gasteiger partial charge is 0.512 e. The third kappa shape index (κ3) is 5.36. The first-order valence-electron chi connectivity index (χ1n) is 21.1. The second kappa shape index (κ2) is 14.5. The molecule has 65 heavy (non-hydrogen) atoms. The lowest BCUT2D eigenvalue weighted by atomic mass is 9.31. The van der Waals surface area contributed by atoms with Gasteiger partial charge in [-0.1, -0.05) is 20.8 Å². The molecule has 4 heterocycles. The molecule has 3 saturated heterocycles. The van der Waals surface area contributed by atoms with Gasteiger partial charge in [0.15, 0.2) is 35.6 Å². The van der Waals surface area contributed by atoms with Crippen molar-refractivity contribution in [3.8, 4) is 0 Å². The molecule has 1 aromatic heterocycles. The molecule has 3 spiro atoms. The number of ether oxygens (including phenoxy) is 11. The van der Waals surface area contributed by atoms with Gasteiger partial charge in [-0.15, -0.1) is 0 Å². The molecule has 21 heteroatoms. The lowest BCUT2D eigenvalue weighted by Crippen LogP contribution is -2.99. The number of carbonyl (C=O) groups excluding carboxylic acids is 8. The highest BCUT2D eigenvalue weighted by atomic mass is 16.9. The maximum atomic E-state index is 15.3. The zero-order chi connectivity index (χ0) is 47.8. The number of carbonyl (C=O) groups is 8. The van der Waals surface area contributed by atoms with E-state index in [2.05, 4.69) is 0 Å². The molecule has 0 unspecified atom stereocenters. The number of methoxy groups -OCH3 is 1. The first kappa shape index (κ1) is 46.0. The average molecular weight is 917 g/mol. The van der Waals surface area contributed by atoms with Crippen LogP contribution >= 0.6 is 0 Å². The van der Waals surface area contributed by atoms with Crippen LogP contribution in [0.5, 0.6) is 0 Å². The molecular formula is C44H52O21. The molecule has 0 amide bonds. The number of furan rings is 1. The molecule has 8 rings (SSSR count). The second-order valence-corrected chi connectivity index (χ2v) is 18.6. The van der Waals surface area contributed by atoms with E-state index in [1.165, 1.54) is 39.4 Å². The maximum Gasteiger partial charge on any atom is 0.338 e. The van der Waals surface area contributed by atoms with E-state index in [4.69, 9.17) is 56.5 Å². The molecule has 0 radical (unpaired) electrons. The molecule has 4 saturated carbocycles. The average Bonchev–Trinajstić information content (AvgIpc) is 3.90. The molecule has 7 fully saturated rings. The van der Waals surface area contributed by atoms with Crippen LogP contribution in [-0.4, -0.2) is 119 Å². The van der Waals surface area contributed by atoms with Crippen LogP contribution in [0.4, 0.5) is 0 Å². The van der Waals surface area contributed by atoms with Crippen LogP contribution in [0.3, 0.4) is 0 Å². The van der Waals surface area contributed by atoms with Crippen LogP contribution in [-0.2, 0) is 90.5 Å². The van der Waals surface area contributed by atoms with Crippen molar-refractivity contribution < 1.29 is 100.0 Å². The first-order valence-corrected chi connectivity index (χ1v) is 21.1. The van der Waals surface area contributed by atoms with Gasteiger partial charge in [-0.3, -0.25) is 33.6 Å². The summed E-state index contributed by atoms with van der Waals surface area (Å²) in [5.74, 6) is -14.0. The van der Waals surface area contributed by atoms with Gasteiger partial charge in [-0.05, 0) is 18.4 Å². The van der Waals surface area contributed by atoms with E-state index >= 15 is 4.79 Å². The number of aliphatic hydroxyl groups excluding tert-OH is 1. The summed E-state index contributed by atoms with van der Waals surface area (Å²) in [5.41, 5.74) is -16.7. The number of rotatable bonds is 12. The van der Waals surface area contributed by atoms with E-state index in [0.717, 1.165) is 48.7 Å². The molecule has 0 aromatic carbocycles. The number of hydrogen-bond acceptors (Lipinski definition) is 21. The molecule has 21 nitrogen and oxygen atoms in total. The summed E-state index contributed by atoms with van der Waals surface area (Å²) in [4.78, 5) is 111. The van der Waals surface area contributed by atoms with Gasteiger partial charge in [0.25, 0.3) is 5.97 Å². The Kier molecular flexibility index (Phi) is 10.2. The fourth-order valence-electron chi connectivity index (χ4n) is 14.1. The molecule has 3 aliphatic heterocycles. The summed E-state index contributed by atoms with van der Waals surface area (Å²) in [5, 5.41) is 12.2. The van der Waals surface area contributed by atoms with Gasteiger partial charge in [0.1, 0.15) is 24.1 Å². The van der Waals surface area contributed by atoms with Gasteiger partial charge >= 0.3 is 47.8 Å². The van der Waals surface area contributed by atoms with Crippen LogP contribution in [0, 0.1) is 28.1 Å². The van der Waals surface area contributed by atoms with Crippen molar-refractivity contribution in [2.24, 2.45) is 28.1 Å². The molecular weight excluding hydrogens is 864 g/mol. The lowest BCUT2D eigenvalue weighted by molar-refractivity contribution is -0.496. The van der Waals surface area contributed by atoms with Gasteiger partial charge in [-0.2, -0.15) is 0 Å². The summed E-state index contributed by atoms with van der Waals surface area (Å²) in [6, 6.07) is 1.43. The number of hydrogen-bond donors (Lipinski definition) is 1. The number of allylic oxidation sites excluding steroid dienone is 1. The van der Waals surface area contributed by atoms with Crippen molar-refractivity contribution in [2.75, 3.05) is 13.7 Å². The Bertz CT molecular complexity index is 2320. The fraction of sp³-hybridized carbons (Fsp3) is 0.682. The summed E-state index contributed by atoms with van der Waals surface area (Å²) in [7, 11) is 1.13. The van der Waals surface area contributed by atoms with E-state index in [0.29, 0.717) is 0 Å². The van der Waals surface area contributed by atoms with Crippen molar-refractivity contribution in [3.63, 3.8) is 0 Å². The summed E-state index contributed by atoms with van der Waals surface area (Å²) < 4.78 is 77.0. The first-order chi connectivity index (χ1) is 30.3. The Hall–Kier alpha value is -5.54. The van der Waals surface area contributed by atoms with Crippen molar-refractivity contribution >= 4 is 47.8 Å². The fourth-order valence-corrected chi connectivity index (χ4v) is 14.1. The summed E-state index contributed by atoms with van der Waals surface area (Å²) >= 11 is 0. The van der Waals surface area contributed by atoms with E-state index in [1.807, 2.05) is 0 Å². The molecule has 1 aromatic rings. The van der Waals surface area contributed by atoms with Crippen molar-refractivity contribution in [1.29, 1.82) is 0 Å². The second-order valence-electron chi connectivity index (χ2n) is 18.6. The van der Waals surface area contributed by atoms with Gasteiger partial charge in [-0.25, -0.2) is 4.79 Å². The van der Waals surface area contributed by atoms with E-state index in [9.17, 15) is 38.7 Å². The van der Waals surface area contributed by atoms with E-state index in [-0.39, 0.29) is 18.4 Å².